The van der Waals surface area contributed by atoms with Crippen molar-refractivity contribution >= 4 is 22.8 Å². The van der Waals surface area contributed by atoms with E-state index in [1.807, 2.05) is 36.6 Å². The summed E-state index contributed by atoms with van der Waals surface area (Å²) in [6.07, 6.45) is 5.38. The van der Waals surface area contributed by atoms with E-state index in [1.54, 1.807) is 21.7 Å². The summed E-state index contributed by atoms with van der Waals surface area (Å²) < 4.78 is 3.55. The molecule has 0 fully saturated rings. The maximum absolute atomic E-state index is 8.37. The van der Waals surface area contributed by atoms with Crippen LogP contribution in [0.3, 0.4) is 0 Å². The van der Waals surface area contributed by atoms with Gasteiger partial charge in [0, 0.05) is 6.54 Å². The van der Waals surface area contributed by atoms with Gasteiger partial charge in [0.15, 0.2) is 5.65 Å². The molecule has 6 heteroatoms. The molecule has 0 saturated carbocycles. The predicted octanol–water partition coefficient (Wildman–Crippen LogP) is 2.61. The fourth-order valence-corrected chi connectivity index (χ4v) is 2.77. The minimum Gasteiger partial charge on any atom is -0.313 e. The van der Waals surface area contributed by atoms with Crippen molar-refractivity contribution in [3.05, 3.63) is 54.8 Å². The summed E-state index contributed by atoms with van der Waals surface area (Å²) in [4.78, 5) is 4.49. The first-order chi connectivity index (χ1) is 10.3. The van der Waals surface area contributed by atoms with Gasteiger partial charge in [0.1, 0.15) is 10.5 Å². The number of nitrogens with one attached hydrogen (secondary N) is 1. The number of nitrogens with zero attached hydrogens (tertiary/aromatic N) is 4. The number of hydrogen-bond donors (Lipinski definition) is 1. The predicted molar refractivity (Wildman–Crippen MR) is 84.7 cm³/mol. The average molecular weight is 297 g/mol. The molecule has 0 bridgehead atoms. The summed E-state index contributed by atoms with van der Waals surface area (Å²) >= 11 is 1.52. The number of benzene rings is 1. The molecule has 3 aromatic rings. The zero-order chi connectivity index (χ0) is 14.8. The van der Waals surface area contributed by atoms with Crippen molar-refractivity contribution < 1.29 is 0 Å². The Labute approximate surface area is 126 Å². The van der Waals surface area contributed by atoms with E-state index in [-0.39, 0.29) is 0 Å². The van der Waals surface area contributed by atoms with Crippen LogP contribution in [-0.4, -0.2) is 25.6 Å². The minimum atomic E-state index is 0.409. The molecule has 0 atom stereocenters. The van der Waals surface area contributed by atoms with Gasteiger partial charge < -0.3 is 4.57 Å². The van der Waals surface area contributed by atoms with E-state index in [4.69, 9.17) is 5.41 Å². The van der Waals surface area contributed by atoms with Crippen LogP contribution in [0.4, 0.5) is 0 Å². The van der Waals surface area contributed by atoms with Gasteiger partial charge in [-0.15, -0.1) is 18.3 Å². The second-order valence-electron chi connectivity index (χ2n) is 4.49. The Morgan fingerprint density at radius 3 is 2.76 bits per heavy atom. The lowest BCUT2D eigenvalue weighted by Gasteiger charge is -2.05. The fourth-order valence-electron chi connectivity index (χ4n) is 2.21. The highest BCUT2D eigenvalue weighted by molar-refractivity contribution is 7.98. The molecule has 5 nitrogen and oxygen atoms in total. The van der Waals surface area contributed by atoms with Crippen LogP contribution in [0.15, 0.2) is 54.3 Å². The summed E-state index contributed by atoms with van der Waals surface area (Å²) in [5, 5.41) is 14.6. The van der Waals surface area contributed by atoms with Crippen molar-refractivity contribution in [3.63, 3.8) is 0 Å². The van der Waals surface area contributed by atoms with E-state index in [9.17, 15) is 0 Å². The molecule has 2 heterocycles. The molecule has 0 aliphatic carbocycles. The summed E-state index contributed by atoms with van der Waals surface area (Å²) in [5.41, 5.74) is 2.05. The maximum Gasteiger partial charge on any atom is 0.169 e. The smallest absolute Gasteiger partial charge is 0.169 e. The summed E-state index contributed by atoms with van der Waals surface area (Å²) in [6.45, 7) is 4.28. The molecule has 0 radical (unpaired) electrons. The molecule has 3 rings (SSSR count). The van der Waals surface area contributed by atoms with Gasteiger partial charge in [-0.05, 0) is 18.4 Å². The normalized spacial score (nSPS) is 10.9. The molecule has 21 heavy (non-hydrogen) atoms. The van der Waals surface area contributed by atoms with Crippen LogP contribution < -0.4 is 5.49 Å². The van der Waals surface area contributed by atoms with Crippen molar-refractivity contribution in [1.29, 1.82) is 5.41 Å². The first-order valence-corrected chi connectivity index (χ1v) is 7.71. The molecule has 0 unspecified atom stereocenters. The van der Waals surface area contributed by atoms with Crippen LogP contribution in [-0.2, 0) is 6.54 Å². The van der Waals surface area contributed by atoms with Crippen molar-refractivity contribution in [2.45, 2.75) is 11.6 Å². The Hall–Kier alpha value is -2.34. The molecule has 2 aromatic heterocycles. The van der Waals surface area contributed by atoms with Gasteiger partial charge in [-0.1, -0.05) is 24.3 Å². The fraction of sp³-hybridized carbons (Fsp3) is 0.133. The number of aromatic nitrogens is 4. The summed E-state index contributed by atoms with van der Waals surface area (Å²) in [7, 11) is 0. The molecular formula is C15H15N5S. The minimum absolute atomic E-state index is 0.409. The van der Waals surface area contributed by atoms with Gasteiger partial charge in [0.25, 0.3) is 0 Å². The zero-order valence-corrected chi connectivity index (χ0v) is 12.5. The van der Waals surface area contributed by atoms with E-state index < -0.39 is 0 Å². The van der Waals surface area contributed by atoms with E-state index >= 15 is 0 Å². The van der Waals surface area contributed by atoms with Gasteiger partial charge in [-0.3, -0.25) is 5.41 Å². The Morgan fingerprint density at radius 1 is 1.33 bits per heavy atom. The third-order valence-electron chi connectivity index (χ3n) is 3.19. The van der Waals surface area contributed by atoms with Crippen molar-refractivity contribution in [2.75, 3.05) is 6.26 Å². The number of hydrogen-bond acceptors (Lipinski definition) is 4. The lowest BCUT2D eigenvalue weighted by atomic mass is 10.3. The van der Waals surface area contributed by atoms with E-state index in [0.717, 1.165) is 16.1 Å². The number of rotatable bonds is 4. The highest BCUT2D eigenvalue weighted by atomic mass is 32.2. The molecule has 0 aliphatic heterocycles. The van der Waals surface area contributed by atoms with Crippen LogP contribution in [0.5, 0.6) is 0 Å². The third-order valence-corrected chi connectivity index (χ3v) is 3.86. The first kappa shape index (κ1) is 13.6. The van der Waals surface area contributed by atoms with Crippen LogP contribution in [0.1, 0.15) is 0 Å². The van der Waals surface area contributed by atoms with Gasteiger partial charge in [0.05, 0.1) is 17.4 Å². The van der Waals surface area contributed by atoms with E-state index in [0.29, 0.717) is 17.7 Å². The highest BCUT2D eigenvalue weighted by Crippen LogP contribution is 2.23. The monoisotopic (exact) mass is 297 g/mol. The number of thioether (sulfide) groups is 1. The molecule has 1 aromatic carbocycles. The first-order valence-electron chi connectivity index (χ1n) is 6.49. The Balaban J connectivity index is 2.32. The standard InChI is InChI=1S/C15H15N5S/c1-3-9-19-10-17-14-12(13(19)16)15(21-2)18-20(14)11-7-5-4-6-8-11/h3-8,10,16H,1,9H2,2H3. The zero-order valence-electron chi connectivity index (χ0n) is 11.7. The lowest BCUT2D eigenvalue weighted by molar-refractivity contribution is 0.737. The van der Waals surface area contributed by atoms with Gasteiger partial charge >= 0.3 is 0 Å². The van der Waals surface area contributed by atoms with Gasteiger partial charge in [0.2, 0.25) is 0 Å². The van der Waals surface area contributed by atoms with E-state index in [1.165, 1.54) is 11.8 Å². The topological polar surface area (TPSA) is 59.5 Å². The average Bonchev–Trinajstić information content (AvgIpc) is 2.90. The molecule has 0 amide bonds. The number of allylic oxidation sites excluding steroid dienone is 1. The Bertz CT molecular complexity index is 848. The molecule has 1 N–H and O–H groups in total. The van der Waals surface area contributed by atoms with Crippen LogP contribution in [0, 0.1) is 5.41 Å². The van der Waals surface area contributed by atoms with Gasteiger partial charge in [-0.2, -0.15) is 5.10 Å². The van der Waals surface area contributed by atoms with Crippen LogP contribution >= 0.6 is 11.8 Å². The molecular weight excluding hydrogens is 282 g/mol. The summed E-state index contributed by atoms with van der Waals surface area (Å²) in [6, 6.07) is 9.85. The SMILES string of the molecule is C=CCn1cnc2c(c(SC)nn2-c2ccccc2)c1=N. The second kappa shape index (κ2) is 5.57. The molecule has 0 aliphatic rings. The number of fused-ring (bicyclic) bond motifs is 1. The Kier molecular flexibility index (Phi) is 3.62. The van der Waals surface area contributed by atoms with Crippen molar-refractivity contribution in [3.8, 4) is 5.69 Å². The molecule has 0 spiro atoms. The molecule has 106 valence electrons. The maximum atomic E-state index is 8.37. The van der Waals surface area contributed by atoms with Crippen molar-refractivity contribution in [2.24, 2.45) is 0 Å². The summed E-state index contributed by atoms with van der Waals surface area (Å²) in [5.74, 6) is 0. The van der Waals surface area contributed by atoms with E-state index in [2.05, 4.69) is 16.7 Å². The Morgan fingerprint density at radius 2 is 2.10 bits per heavy atom. The molecule has 0 saturated heterocycles. The highest BCUT2D eigenvalue weighted by Gasteiger charge is 2.15. The quantitative estimate of drug-likeness (QED) is 0.595. The van der Waals surface area contributed by atoms with Crippen LogP contribution in [0.2, 0.25) is 0 Å². The largest absolute Gasteiger partial charge is 0.313 e. The third kappa shape index (κ3) is 2.27. The van der Waals surface area contributed by atoms with Gasteiger partial charge in [-0.25, -0.2) is 9.67 Å². The van der Waals surface area contributed by atoms with Crippen LogP contribution in [0.25, 0.3) is 16.7 Å². The second-order valence-corrected chi connectivity index (χ2v) is 5.28. The van der Waals surface area contributed by atoms with Crippen molar-refractivity contribution in [1.82, 2.24) is 19.3 Å². The number of para-hydroxylation sites is 1. The lowest BCUT2D eigenvalue weighted by Crippen LogP contribution is -2.20.